The Morgan fingerprint density at radius 1 is 1.00 bits per heavy atom. The monoisotopic (exact) mass is 560 g/mol. The number of rotatable bonds is 8. The standard InChI is InChI=1S/C28H24ClF3N2O5/c29-22-11-5-7-19(13-22)15-34-23(35)17-39-26(25(34)20-8-2-1-3-9-20)27(38)33(16-24(36)37)14-18-6-4-10-21(12-18)28(30,31)32/h1-13,25-26H,14-17H2,(H,36,37)/t25-,26-/m1/s1. The second-order valence-electron chi connectivity index (χ2n) is 9.02. The Bertz CT molecular complexity index is 1350. The maximum absolute atomic E-state index is 13.8. The highest BCUT2D eigenvalue weighted by Crippen LogP contribution is 2.34. The van der Waals surface area contributed by atoms with Crippen molar-refractivity contribution in [3.63, 3.8) is 0 Å². The molecule has 0 aromatic heterocycles. The van der Waals surface area contributed by atoms with Crippen molar-refractivity contribution in [1.29, 1.82) is 0 Å². The van der Waals surface area contributed by atoms with E-state index in [0.717, 1.165) is 17.0 Å². The van der Waals surface area contributed by atoms with Gasteiger partial charge in [0.2, 0.25) is 5.91 Å². The van der Waals surface area contributed by atoms with E-state index in [2.05, 4.69) is 0 Å². The van der Waals surface area contributed by atoms with Gasteiger partial charge in [0.1, 0.15) is 13.2 Å². The summed E-state index contributed by atoms with van der Waals surface area (Å²) in [6.45, 7) is -1.53. The SMILES string of the molecule is O=C(O)CN(Cc1cccc(C(F)(F)F)c1)C(=O)[C@@H]1OCC(=O)N(Cc2cccc(Cl)c2)[C@@H]1c1ccccc1. The molecule has 3 aromatic rings. The Morgan fingerprint density at radius 3 is 2.36 bits per heavy atom. The summed E-state index contributed by atoms with van der Waals surface area (Å²) in [5, 5.41) is 9.96. The summed E-state index contributed by atoms with van der Waals surface area (Å²) in [7, 11) is 0. The first-order chi connectivity index (χ1) is 18.5. The van der Waals surface area contributed by atoms with E-state index in [9.17, 15) is 32.7 Å². The number of nitrogens with zero attached hydrogens (tertiary/aromatic N) is 2. The summed E-state index contributed by atoms with van der Waals surface area (Å²) in [6.07, 6.45) is -5.92. The zero-order chi connectivity index (χ0) is 28.2. The first-order valence-electron chi connectivity index (χ1n) is 11.9. The molecule has 0 bridgehead atoms. The van der Waals surface area contributed by atoms with E-state index >= 15 is 0 Å². The van der Waals surface area contributed by atoms with E-state index in [4.69, 9.17) is 16.3 Å². The molecular weight excluding hydrogens is 537 g/mol. The highest BCUT2D eigenvalue weighted by atomic mass is 35.5. The normalized spacial score (nSPS) is 17.6. The van der Waals surface area contributed by atoms with Crippen LogP contribution < -0.4 is 0 Å². The molecule has 1 heterocycles. The van der Waals surface area contributed by atoms with Crippen molar-refractivity contribution >= 4 is 29.4 Å². The number of ether oxygens (including phenoxy) is 1. The van der Waals surface area contributed by atoms with E-state index < -0.39 is 61.4 Å². The van der Waals surface area contributed by atoms with Crippen LogP contribution in [0.1, 0.15) is 28.3 Å². The van der Waals surface area contributed by atoms with Crippen molar-refractivity contribution in [2.24, 2.45) is 0 Å². The lowest BCUT2D eigenvalue weighted by Gasteiger charge is -2.42. The van der Waals surface area contributed by atoms with Gasteiger partial charge in [-0.25, -0.2) is 0 Å². The molecular formula is C28H24ClF3N2O5. The molecule has 2 amide bonds. The Balaban J connectivity index is 1.69. The quantitative estimate of drug-likeness (QED) is 0.422. The molecule has 1 aliphatic rings. The number of amides is 2. The summed E-state index contributed by atoms with van der Waals surface area (Å²) in [6, 6.07) is 18.9. The molecule has 39 heavy (non-hydrogen) atoms. The summed E-state index contributed by atoms with van der Waals surface area (Å²) < 4.78 is 45.4. The highest BCUT2D eigenvalue weighted by Gasteiger charge is 2.43. The van der Waals surface area contributed by atoms with Gasteiger partial charge in [0.05, 0.1) is 11.6 Å². The molecule has 0 radical (unpaired) electrons. The molecule has 1 aliphatic heterocycles. The minimum absolute atomic E-state index is 0.0957. The van der Waals surface area contributed by atoms with E-state index in [1.807, 2.05) is 0 Å². The smallest absolute Gasteiger partial charge is 0.416 e. The molecule has 7 nitrogen and oxygen atoms in total. The molecule has 3 aromatic carbocycles. The predicted octanol–water partition coefficient (Wildman–Crippen LogP) is 4.94. The van der Waals surface area contributed by atoms with Crippen LogP contribution in [0.5, 0.6) is 0 Å². The fourth-order valence-electron chi connectivity index (χ4n) is 4.50. The van der Waals surface area contributed by atoms with Crippen LogP contribution in [0, 0.1) is 0 Å². The highest BCUT2D eigenvalue weighted by molar-refractivity contribution is 6.30. The maximum atomic E-state index is 13.8. The van der Waals surface area contributed by atoms with Gasteiger partial charge in [-0.05, 0) is 41.0 Å². The zero-order valence-electron chi connectivity index (χ0n) is 20.5. The number of hydrogen-bond acceptors (Lipinski definition) is 4. The first kappa shape index (κ1) is 28.1. The second kappa shape index (κ2) is 11.9. The van der Waals surface area contributed by atoms with Crippen molar-refractivity contribution in [2.45, 2.75) is 31.4 Å². The topological polar surface area (TPSA) is 87.1 Å². The summed E-state index contributed by atoms with van der Waals surface area (Å²) >= 11 is 6.12. The number of halogens is 4. The third kappa shape index (κ3) is 6.96. The van der Waals surface area contributed by atoms with Gasteiger partial charge in [0.15, 0.2) is 6.10 Å². The lowest BCUT2D eigenvalue weighted by atomic mass is 9.95. The van der Waals surface area contributed by atoms with E-state index in [1.54, 1.807) is 54.6 Å². The van der Waals surface area contributed by atoms with E-state index in [1.165, 1.54) is 17.0 Å². The fourth-order valence-corrected chi connectivity index (χ4v) is 4.72. The van der Waals surface area contributed by atoms with Crippen LogP contribution in [-0.2, 0) is 38.4 Å². The lowest BCUT2D eigenvalue weighted by Crippen LogP contribution is -2.55. The molecule has 2 atom stereocenters. The van der Waals surface area contributed by atoms with Gasteiger partial charge in [-0.2, -0.15) is 13.2 Å². The molecule has 1 saturated heterocycles. The fraction of sp³-hybridized carbons (Fsp3) is 0.250. The predicted molar refractivity (Wildman–Crippen MR) is 135 cm³/mol. The number of hydrogen-bond donors (Lipinski definition) is 1. The number of carbonyl (C=O) groups excluding carboxylic acids is 2. The summed E-state index contributed by atoms with van der Waals surface area (Å²) in [5.41, 5.74) is 0.451. The van der Waals surface area contributed by atoms with Crippen molar-refractivity contribution < 1.29 is 37.4 Å². The number of aliphatic carboxylic acids is 1. The third-order valence-corrected chi connectivity index (χ3v) is 6.46. The van der Waals surface area contributed by atoms with Crippen molar-refractivity contribution in [2.75, 3.05) is 13.2 Å². The maximum Gasteiger partial charge on any atom is 0.416 e. The Kier molecular flexibility index (Phi) is 8.57. The van der Waals surface area contributed by atoms with Gasteiger partial charge < -0.3 is 19.6 Å². The van der Waals surface area contributed by atoms with Gasteiger partial charge in [-0.3, -0.25) is 14.4 Å². The molecule has 0 spiro atoms. The summed E-state index contributed by atoms with van der Waals surface area (Å²) in [4.78, 5) is 40.9. The number of alkyl halides is 3. The van der Waals surface area contributed by atoms with Crippen LogP contribution >= 0.6 is 11.6 Å². The molecule has 0 unspecified atom stereocenters. The molecule has 11 heteroatoms. The molecule has 1 fully saturated rings. The summed E-state index contributed by atoms with van der Waals surface area (Å²) in [5.74, 6) is -2.52. The third-order valence-electron chi connectivity index (χ3n) is 6.22. The number of carboxylic acids is 1. The molecule has 1 N–H and O–H groups in total. The van der Waals surface area contributed by atoms with Crippen LogP contribution in [0.15, 0.2) is 78.9 Å². The van der Waals surface area contributed by atoms with Crippen LogP contribution in [0.25, 0.3) is 0 Å². The van der Waals surface area contributed by atoms with Crippen LogP contribution in [0.3, 0.4) is 0 Å². The van der Waals surface area contributed by atoms with Crippen molar-refractivity contribution in [3.8, 4) is 0 Å². The van der Waals surface area contributed by atoms with Crippen molar-refractivity contribution in [1.82, 2.24) is 9.80 Å². The van der Waals surface area contributed by atoms with Gasteiger partial charge in [0, 0.05) is 18.1 Å². The minimum atomic E-state index is -4.61. The van der Waals surface area contributed by atoms with E-state index in [-0.39, 0.29) is 12.1 Å². The number of carbonyl (C=O) groups is 3. The van der Waals surface area contributed by atoms with Gasteiger partial charge in [0.25, 0.3) is 5.91 Å². The Labute approximate surface area is 227 Å². The molecule has 0 saturated carbocycles. The lowest BCUT2D eigenvalue weighted by molar-refractivity contribution is -0.172. The molecule has 4 rings (SSSR count). The number of benzene rings is 3. The van der Waals surface area contributed by atoms with E-state index in [0.29, 0.717) is 16.1 Å². The Hall–Kier alpha value is -3.89. The number of morpholine rings is 1. The largest absolute Gasteiger partial charge is 0.480 e. The van der Waals surface area contributed by atoms with Gasteiger partial charge in [-0.1, -0.05) is 66.2 Å². The van der Waals surface area contributed by atoms with Crippen LogP contribution in [0.2, 0.25) is 5.02 Å². The average molecular weight is 561 g/mol. The van der Waals surface area contributed by atoms with Crippen LogP contribution in [0.4, 0.5) is 13.2 Å². The average Bonchev–Trinajstić information content (AvgIpc) is 2.89. The van der Waals surface area contributed by atoms with Crippen LogP contribution in [-0.4, -0.2) is 51.9 Å². The molecule has 0 aliphatic carbocycles. The second-order valence-corrected chi connectivity index (χ2v) is 9.46. The first-order valence-corrected chi connectivity index (χ1v) is 12.3. The zero-order valence-corrected chi connectivity index (χ0v) is 21.2. The Morgan fingerprint density at radius 2 is 1.69 bits per heavy atom. The van der Waals surface area contributed by atoms with Gasteiger partial charge in [-0.15, -0.1) is 0 Å². The van der Waals surface area contributed by atoms with Gasteiger partial charge >= 0.3 is 12.1 Å². The van der Waals surface area contributed by atoms with Crippen molar-refractivity contribution in [3.05, 3.63) is 106 Å². The number of carboxylic acid groups (broad SMARTS) is 1. The molecule has 204 valence electrons. The minimum Gasteiger partial charge on any atom is -0.480 e.